The van der Waals surface area contributed by atoms with Crippen molar-refractivity contribution in [2.24, 2.45) is 0 Å². The molecule has 1 aromatic carbocycles. The zero-order chi connectivity index (χ0) is 13.5. The summed E-state index contributed by atoms with van der Waals surface area (Å²) in [5.74, 6) is 0.150. The van der Waals surface area contributed by atoms with Gasteiger partial charge in [0, 0.05) is 11.6 Å². The highest BCUT2D eigenvalue weighted by molar-refractivity contribution is 6.30. The Balaban J connectivity index is 2.72. The number of amides is 1. The second-order valence-corrected chi connectivity index (χ2v) is 4.29. The SMILES string of the molecule is CCCNC(=O)C(C)Oc1ccc(Cl)cc1C=O. The Morgan fingerprint density at radius 1 is 1.56 bits per heavy atom. The summed E-state index contributed by atoms with van der Waals surface area (Å²) in [5.41, 5.74) is 0.331. The lowest BCUT2D eigenvalue weighted by Gasteiger charge is -2.15. The Bertz CT molecular complexity index is 434. The number of benzene rings is 1. The molecular weight excluding hydrogens is 254 g/mol. The van der Waals surface area contributed by atoms with Crippen LogP contribution in [0.1, 0.15) is 30.6 Å². The number of carbonyl (C=O) groups is 2. The van der Waals surface area contributed by atoms with Gasteiger partial charge in [0.05, 0.1) is 5.56 Å². The number of halogens is 1. The number of hydrogen-bond acceptors (Lipinski definition) is 3. The first kappa shape index (κ1) is 14.5. The summed E-state index contributed by atoms with van der Waals surface area (Å²) in [4.78, 5) is 22.5. The molecule has 0 radical (unpaired) electrons. The van der Waals surface area contributed by atoms with Gasteiger partial charge in [-0.1, -0.05) is 18.5 Å². The Labute approximate surface area is 111 Å². The molecule has 0 heterocycles. The molecule has 1 unspecified atom stereocenters. The molecule has 0 fully saturated rings. The van der Waals surface area contributed by atoms with Gasteiger partial charge in [0.2, 0.25) is 0 Å². The molecule has 0 bridgehead atoms. The number of aldehydes is 1. The van der Waals surface area contributed by atoms with Gasteiger partial charge in [-0.05, 0) is 31.5 Å². The molecule has 0 aliphatic carbocycles. The summed E-state index contributed by atoms with van der Waals surface area (Å²) in [7, 11) is 0. The molecule has 1 N–H and O–H groups in total. The van der Waals surface area contributed by atoms with Crippen LogP contribution in [0.5, 0.6) is 5.75 Å². The fourth-order valence-electron chi connectivity index (χ4n) is 1.35. The average molecular weight is 270 g/mol. The van der Waals surface area contributed by atoms with E-state index in [9.17, 15) is 9.59 Å². The molecule has 18 heavy (non-hydrogen) atoms. The second-order valence-electron chi connectivity index (χ2n) is 3.85. The molecule has 0 saturated carbocycles. The minimum absolute atomic E-state index is 0.205. The summed E-state index contributed by atoms with van der Waals surface area (Å²) in [6.45, 7) is 4.21. The van der Waals surface area contributed by atoms with E-state index in [4.69, 9.17) is 16.3 Å². The smallest absolute Gasteiger partial charge is 0.260 e. The average Bonchev–Trinajstić information content (AvgIpc) is 2.37. The molecule has 1 amide bonds. The first-order valence-electron chi connectivity index (χ1n) is 5.77. The van der Waals surface area contributed by atoms with E-state index in [1.807, 2.05) is 6.92 Å². The number of ether oxygens (including phenoxy) is 1. The molecule has 1 rings (SSSR count). The summed E-state index contributed by atoms with van der Waals surface area (Å²) in [6.07, 6.45) is 0.855. The van der Waals surface area contributed by atoms with Crippen molar-refractivity contribution >= 4 is 23.8 Å². The van der Waals surface area contributed by atoms with Crippen LogP contribution >= 0.6 is 11.6 Å². The van der Waals surface area contributed by atoms with Crippen molar-refractivity contribution in [3.8, 4) is 5.75 Å². The van der Waals surface area contributed by atoms with Gasteiger partial charge in [-0.3, -0.25) is 9.59 Å². The van der Waals surface area contributed by atoms with Crippen LogP contribution in [-0.2, 0) is 4.79 Å². The van der Waals surface area contributed by atoms with Crippen molar-refractivity contribution < 1.29 is 14.3 Å². The zero-order valence-electron chi connectivity index (χ0n) is 10.4. The van der Waals surface area contributed by atoms with E-state index in [-0.39, 0.29) is 5.91 Å². The third kappa shape index (κ3) is 4.04. The van der Waals surface area contributed by atoms with Gasteiger partial charge in [-0.2, -0.15) is 0 Å². The number of hydrogen-bond donors (Lipinski definition) is 1. The normalized spacial score (nSPS) is 11.7. The third-order valence-electron chi connectivity index (χ3n) is 2.32. The largest absolute Gasteiger partial charge is 0.480 e. The highest BCUT2D eigenvalue weighted by atomic mass is 35.5. The van der Waals surface area contributed by atoms with Gasteiger partial charge in [0.25, 0.3) is 5.91 Å². The van der Waals surface area contributed by atoms with Crippen LogP contribution in [0.4, 0.5) is 0 Å². The van der Waals surface area contributed by atoms with E-state index < -0.39 is 6.10 Å². The first-order valence-corrected chi connectivity index (χ1v) is 6.15. The minimum atomic E-state index is -0.656. The standard InChI is InChI=1S/C13H16ClNO3/c1-3-6-15-13(17)9(2)18-12-5-4-11(14)7-10(12)8-16/h4-5,7-9H,3,6H2,1-2H3,(H,15,17). The van der Waals surface area contributed by atoms with Crippen LogP contribution < -0.4 is 10.1 Å². The van der Waals surface area contributed by atoms with Crippen molar-refractivity contribution in [1.82, 2.24) is 5.32 Å². The van der Waals surface area contributed by atoms with Gasteiger partial charge in [-0.15, -0.1) is 0 Å². The Kier molecular flexibility index (Phi) is 5.65. The predicted molar refractivity (Wildman–Crippen MR) is 70.2 cm³/mol. The van der Waals surface area contributed by atoms with Gasteiger partial charge < -0.3 is 10.1 Å². The number of rotatable bonds is 6. The molecule has 4 nitrogen and oxygen atoms in total. The zero-order valence-corrected chi connectivity index (χ0v) is 11.2. The molecule has 1 atom stereocenters. The van der Waals surface area contributed by atoms with Crippen LogP contribution in [0.25, 0.3) is 0 Å². The lowest BCUT2D eigenvalue weighted by Crippen LogP contribution is -2.36. The molecule has 0 aliphatic rings. The Hall–Kier alpha value is -1.55. The predicted octanol–water partition coefficient (Wildman–Crippen LogP) is 2.45. The van der Waals surface area contributed by atoms with E-state index in [0.717, 1.165) is 6.42 Å². The Morgan fingerprint density at radius 3 is 2.89 bits per heavy atom. The molecule has 0 aromatic heterocycles. The maximum atomic E-state index is 11.6. The van der Waals surface area contributed by atoms with Crippen molar-refractivity contribution in [2.45, 2.75) is 26.4 Å². The second kappa shape index (κ2) is 7.01. The van der Waals surface area contributed by atoms with E-state index in [1.165, 1.54) is 6.07 Å². The van der Waals surface area contributed by atoms with Gasteiger partial charge in [-0.25, -0.2) is 0 Å². The quantitative estimate of drug-likeness (QED) is 0.807. The van der Waals surface area contributed by atoms with Crippen LogP contribution in [0.3, 0.4) is 0 Å². The van der Waals surface area contributed by atoms with E-state index in [0.29, 0.717) is 29.2 Å². The minimum Gasteiger partial charge on any atom is -0.480 e. The molecule has 0 spiro atoms. The van der Waals surface area contributed by atoms with Gasteiger partial charge in [0.1, 0.15) is 5.75 Å². The Morgan fingerprint density at radius 2 is 2.28 bits per heavy atom. The summed E-state index contributed by atoms with van der Waals surface area (Å²) in [5, 5.41) is 3.17. The summed E-state index contributed by atoms with van der Waals surface area (Å²) < 4.78 is 5.45. The lowest BCUT2D eigenvalue weighted by molar-refractivity contribution is -0.127. The maximum absolute atomic E-state index is 11.6. The van der Waals surface area contributed by atoms with Crippen LogP contribution in [0.2, 0.25) is 5.02 Å². The summed E-state index contributed by atoms with van der Waals surface area (Å²) in [6, 6.07) is 4.69. The summed E-state index contributed by atoms with van der Waals surface area (Å²) >= 11 is 5.77. The lowest BCUT2D eigenvalue weighted by atomic mass is 10.2. The third-order valence-corrected chi connectivity index (χ3v) is 2.56. The van der Waals surface area contributed by atoms with Crippen molar-refractivity contribution in [3.05, 3.63) is 28.8 Å². The number of nitrogens with one attached hydrogen (secondary N) is 1. The van der Waals surface area contributed by atoms with Crippen molar-refractivity contribution in [2.75, 3.05) is 6.54 Å². The molecule has 1 aromatic rings. The van der Waals surface area contributed by atoms with Gasteiger partial charge >= 0.3 is 0 Å². The highest BCUT2D eigenvalue weighted by Gasteiger charge is 2.15. The van der Waals surface area contributed by atoms with Crippen molar-refractivity contribution in [1.29, 1.82) is 0 Å². The van der Waals surface area contributed by atoms with E-state index >= 15 is 0 Å². The topological polar surface area (TPSA) is 55.4 Å². The van der Waals surface area contributed by atoms with E-state index in [2.05, 4.69) is 5.32 Å². The number of carbonyl (C=O) groups excluding carboxylic acids is 2. The molecular formula is C13H16ClNO3. The van der Waals surface area contributed by atoms with Crippen molar-refractivity contribution in [3.63, 3.8) is 0 Å². The fraction of sp³-hybridized carbons (Fsp3) is 0.385. The molecule has 98 valence electrons. The van der Waals surface area contributed by atoms with Gasteiger partial charge in [0.15, 0.2) is 12.4 Å². The first-order chi connectivity index (χ1) is 8.58. The monoisotopic (exact) mass is 269 g/mol. The molecule has 0 aliphatic heterocycles. The fourth-order valence-corrected chi connectivity index (χ4v) is 1.54. The van der Waals surface area contributed by atoms with Crippen LogP contribution in [0, 0.1) is 0 Å². The molecule has 0 saturated heterocycles. The maximum Gasteiger partial charge on any atom is 0.260 e. The van der Waals surface area contributed by atoms with Crippen LogP contribution in [-0.4, -0.2) is 24.8 Å². The van der Waals surface area contributed by atoms with E-state index in [1.54, 1.807) is 19.1 Å². The molecule has 5 heteroatoms. The highest BCUT2D eigenvalue weighted by Crippen LogP contribution is 2.22. The van der Waals surface area contributed by atoms with Crippen LogP contribution in [0.15, 0.2) is 18.2 Å².